The van der Waals surface area contributed by atoms with Gasteiger partial charge in [-0.25, -0.2) is 0 Å². The third-order valence-corrected chi connectivity index (χ3v) is 5.53. The van der Waals surface area contributed by atoms with Crippen molar-refractivity contribution in [1.29, 1.82) is 0 Å². The van der Waals surface area contributed by atoms with Crippen LogP contribution in [0, 0.1) is 11.8 Å². The van der Waals surface area contributed by atoms with Crippen molar-refractivity contribution < 1.29 is 0 Å². The van der Waals surface area contributed by atoms with Gasteiger partial charge in [0, 0.05) is 18.1 Å². The van der Waals surface area contributed by atoms with E-state index in [0.29, 0.717) is 5.54 Å². The van der Waals surface area contributed by atoms with Gasteiger partial charge in [0.05, 0.1) is 0 Å². The van der Waals surface area contributed by atoms with Crippen LogP contribution in [0.1, 0.15) is 72.1 Å². The molecule has 0 saturated heterocycles. The molecule has 0 spiro atoms. The lowest BCUT2D eigenvalue weighted by atomic mass is 9.70. The van der Waals surface area contributed by atoms with Gasteiger partial charge in [-0.1, -0.05) is 40.0 Å². The molecule has 0 aliphatic heterocycles. The number of nitrogens with zero attached hydrogens (tertiary/aromatic N) is 1. The van der Waals surface area contributed by atoms with Gasteiger partial charge >= 0.3 is 0 Å². The highest BCUT2D eigenvalue weighted by Gasteiger charge is 2.45. The molecule has 2 atom stereocenters. The van der Waals surface area contributed by atoms with Gasteiger partial charge in [0.15, 0.2) is 0 Å². The van der Waals surface area contributed by atoms with Crippen molar-refractivity contribution >= 4 is 0 Å². The second-order valence-corrected chi connectivity index (χ2v) is 7.31. The monoisotopic (exact) mass is 266 g/mol. The van der Waals surface area contributed by atoms with E-state index in [-0.39, 0.29) is 0 Å². The quantitative estimate of drug-likeness (QED) is 0.759. The summed E-state index contributed by atoms with van der Waals surface area (Å²) in [5, 5.41) is 0. The molecule has 112 valence electrons. The van der Waals surface area contributed by atoms with Gasteiger partial charge < -0.3 is 5.73 Å². The predicted molar refractivity (Wildman–Crippen MR) is 83.2 cm³/mol. The number of hydrogen-bond acceptors (Lipinski definition) is 2. The average molecular weight is 266 g/mol. The van der Waals surface area contributed by atoms with Crippen molar-refractivity contribution in [3.05, 3.63) is 0 Å². The zero-order chi connectivity index (χ0) is 13.9. The maximum atomic E-state index is 6.30. The Morgan fingerprint density at radius 3 is 2.53 bits per heavy atom. The zero-order valence-corrected chi connectivity index (χ0v) is 13.3. The maximum absolute atomic E-state index is 6.30. The summed E-state index contributed by atoms with van der Waals surface area (Å²) in [6.07, 6.45) is 11.0. The molecule has 2 heteroatoms. The minimum absolute atomic E-state index is 0.337. The standard InChI is InChI=1S/C17H34N2/c1-4-5-11-19(16-8-9-16)17(13-18)10-6-7-15(12-17)14(2)3/h14-16H,4-13,18H2,1-3H3. The summed E-state index contributed by atoms with van der Waals surface area (Å²) in [6, 6.07) is 0.862. The third kappa shape index (κ3) is 3.52. The van der Waals surface area contributed by atoms with Crippen LogP contribution in [0.4, 0.5) is 0 Å². The number of nitrogens with two attached hydrogens (primary N) is 1. The van der Waals surface area contributed by atoms with Crippen LogP contribution in [-0.2, 0) is 0 Å². The summed E-state index contributed by atoms with van der Waals surface area (Å²) in [7, 11) is 0. The highest BCUT2D eigenvalue weighted by atomic mass is 15.3. The Labute approximate surface area is 120 Å². The SMILES string of the molecule is CCCCN(C1CC1)C1(CN)CCCC(C(C)C)C1. The Bertz CT molecular complexity index is 272. The Hall–Kier alpha value is -0.0800. The largest absolute Gasteiger partial charge is 0.329 e. The summed E-state index contributed by atoms with van der Waals surface area (Å²) in [4.78, 5) is 2.84. The van der Waals surface area contributed by atoms with Crippen LogP contribution in [0.25, 0.3) is 0 Å². The Morgan fingerprint density at radius 2 is 2.00 bits per heavy atom. The number of unbranched alkanes of at least 4 members (excludes halogenated alkanes) is 1. The summed E-state index contributed by atoms with van der Waals surface area (Å²) < 4.78 is 0. The molecule has 0 amide bonds. The van der Waals surface area contributed by atoms with E-state index in [0.717, 1.165) is 24.4 Å². The van der Waals surface area contributed by atoms with Crippen LogP contribution >= 0.6 is 0 Å². The van der Waals surface area contributed by atoms with E-state index in [1.807, 2.05) is 0 Å². The fourth-order valence-electron chi connectivity index (χ4n) is 4.04. The molecule has 2 saturated carbocycles. The van der Waals surface area contributed by atoms with Gasteiger partial charge in [-0.3, -0.25) is 4.90 Å². The minimum Gasteiger partial charge on any atom is -0.329 e. The molecule has 0 aromatic carbocycles. The molecule has 19 heavy (non-hydrogen) atoms. The summed E-state index contributed by atoms with van der Waals surface area (Å²) in [6.45, 7) is 9.24. The second-order valence-electron chi connectivity index (χ2n) is 7.31. The molecule has 2 fully saturated rings. The summed E-state index contributed by atoms with van der Waals surface area (Å²) >= 11 is 0. The van der Waals surface area contributed by atoms with Crippen LogP contribution in [0.5, 0.6) is 0 Å². The van der Waals surface area contributed by atoms with E-state index in [9.17, 15) is 0 Å². The molecule has 2 aliphatic rings. The molecule has 2 rings (SSSR count). The normalized spacial score (nSPS) is 32.2. The van der Waals surface area contributed by atoms with E-state index >= 15 is 0 Å². The van der Waals surface area contributed by atoms with E-state index in [1.165, 1.54) is 57.9 Å². The van der Waals surface area contributed by atoms with Gasteiger partial charge in [-0.05, 0) is 50.5 Å². The first-order valence-electron chi connectivity index (χ1n) is 8.60. The van der Waals surface area contributed by atoms with Crippen molar-refractivity contribution in [2.75, 3.05) is 13.1 Å². The molecular formula is C17H34N2. The molecule has 2 nitrogen and oxygen atoms in total. The lowest BCUT2D eigenvalue weighted by molar-refractivity contribution is 0.0179. The van der Waals surface area contributed by atoms with Crippen LogP contribution in [0.2, 0.25) is 0 Å². The fourth-order valence-corrected chi connectivity index (χ4v) is 4.04. The summed E-state index contributed by atoms with van der Waals surface area (Å²) in [5.41, 5.74) is 6.63. The first-order valence-corrected chi connectivity index (χ1v) is 8.60. The van der Waals surface area contributed by atoms with Gasteiger partial charge in [0.2, 0.25) is 0 Å². The van der Waals surface area contributed by atoms with Crippen LogP contribution < -0.4 is 5.73 Å². The maximum Gasteiger partial charge on any atom is 0.0337 e. The molecule has 2 unspecified atom stereocenters. The smallest absolute Gasteiger partial charge is 0.0337 e. The van der Waals surface area contributed by atoms with E-state index in [4.69, 9.17) is 5.73 Å². The van der Waals surface area contributed by atoms with Crippen molar-refractivity contribution in [2.45, 2.75) is 83.7 Å². The molecule has 2 N–H and O–H groups in total. The summed E-state index contributed by atoms with van der Waals surface area (Å²) in [5.74, 6) is 1.71. The van der Waals surface area contributed by atoms with E-state index < -0.39 is 0 Å². The lowest BCUT2D eigenvalue weighted by Gasteiger charge is -2.49. The molecular weight excluding hydrogens is 232 g/mol. The number of hydrogen-bond donors (Lipinski definition) is 1. The van der Waals surface area contributed by atoms with Gasteiger partial charge in [-0.15, -0.1) is 0 Å². The first-order chi connectivity index (χ1) is 9.13. The van der Waals surface area contributed by atoms with Crippen molar-refractivity contribution in [2.24, 2.45) is 17.6 Å². The van der Waals surface area contributed by atoms with Crippen molar-refractivity contribution in [3.8, 4) is 0 Å². The van der Waals surface area contributed by atoms with Gasteiger partial charge in [0.1, 0.15) is 0 Å². The van der Waals surface area contributed by atoms with Crippen molar-refractivity contribution in [3.63, 3.8) is 0 Å². The third-order valence-electron chi connectivity index (χ3n) is 5.53. The zero-order valence-electron chi connectivity index (χ0n) is 13.3. The Morgan fingerprint density at radius 1 is 1.26 bits per heavy atom. The molecule has 0 radical (unpaired) electrons. The Balaban J connectivity index is 2.09. The lowest BCUT2D eigenvalue weighted by Crippen LogP contribution is -2.57. The van der Waals surface area contributed by atoms with E-state index in [1.54, 1.807) is 0 Å². The number of rotatable bonds is 7. The van der Waals surface area contributed by atoms with Crippen molar-refractivity contribution in [1.82, 2.24) is 4.90 Å². The second kappa shape index (κ2) is 6.58. The fraction of sp³-hybridized carbons (Fsp3) is 1.00. The predicted octanol–water partition coefficient (Wildman–Crippen LogP) is 3.79. The van der Waals surface area contributed by atoms with Gasteiger partial charge in [0.25, 0.3) is 0 Å². The molecule has 2 aliphatic carbocycles. The van der Waals surface area contributed by atoms with Crippen LogP contribution in [0.15, 0.2) is 0 Å². The molecule has 0 aromatic rings. The average Bonchev–Trinajstić information content (AvgIpc) is 3.24. The Kier molecular flexibility index (Phi) is 5.30. The van der Waals surface area contributed by atoms with Crippen LogP contribution in [0.3, 0.4) is 0 Å². The molecule has 0 bridgehead atoms. The van der Waals surface area contributed by atoms with Crippen LogP contribution in [-0.4, -0.2) is 29.6 Å². The highest BCUT2D eigenvalue weighted by molar-refractivity contribution is 5.02. The topological polar surface area (TPSA) is 29.3 Å². The molecule has 0 aromatic heterocycles. The van der Waals surface area contributed by atoms with E-state index in [2.05, 4.69) is 25.7 Å². The molecule has 0 heterocycles. The first kappa shape index (κ1) is 15.3. The van der Waals surface area contributed by atoms with Gasteiger partial charge in [-0.2, -0.15) is 0 Å². The minimum atomic E-state index is 0.337. The highest BCUT2D eigenvalue weighted by Crippen LogP contribution is 2.44.